The maximum atomic E-state index is 12.2. The number of hydrazone groups is 1. The molecule has 0 radical (unpaired) electrons. The topological polar surface area (TPSA) is 67.8 Å². The van der Waals surface area contributed by atoms with Gasteiger partial charge < -0.3 is 4.74 Å². The number of ether oxygens (including phenoxy) is 1. The van der Waals surface area contributed by atoms with Crippen molar-refractivity contribution in [2.75, 3.05) is 0 Å². The van der Waals surface area contributed by atoms with Crippen LogP contribution in [0.15, 0.2) is 40.3 Å². The van der Waals surface area contributed by atoms with Crippen LogP contribution in [0.4, 0.5) is 0 Å². The molecular formula is C10H12N2O3S. The number of rotatable bonds is 2. The van der Waals surface area contributed by atoms with Gasteiger partial charge in [-0.1, -0.05) is 18.2 Å². The van der Waals surface area contributed by atoms with Gasteiger partial charge in [0.15, 0.2) is 0 Å². The van der Waals surface area contributed by atoms with Crippen LogP contribution in [0.1, 0.15) is 13.8 Å². The van der Waals surface area contributed by atoms with Gasteiger partial charge in [-0.15, -0.1) is 5.10 Å². The van der Waals surface area contributed by atoms with Gasteiger partial charge in [0.2, 0.25) is 15.7 Å². The molecule has 0 amide bonds. The average Bonchev–Trinajstić information content (AvgIpc) is 2.62. The Morgan fingerprint density at radius 3 is 2.44 bits per heavy atom. The van der Waals surface area contributed by atoms with Gasteiger partial charge in [0.1, 0.15) is 0 Å². The Hall–Kier alpha value is -1.56. The van der Waals surface area contributed by atoms with E-state index in [2.05, 4.69) is 10.5 Å². The molecule has 6 heteroatoms. The molecule has 1 unspecified atom stereocenters. The second-order valence-electron chi connectivity index (χ2n) is 3.61. The number of benzene rings is 1. The summed E-state index contributed by atoms with van der Waals surface area (Å²) in [6.45, 7) is 3.04. The fourth-order valence-corrected chi connectivity index (χ4v) is 2.81. The molecule has 1 atom stereocenters. The van der Waals surface area contributed by atoms with Crippen LogP contribution in [-0.2, 0) is 14.6 Å². The van der Waals surface area contributed by atoms with E-state index < -0.39 is 14.9 Å². The number of sulfone groups is 1. The highest BCUT2D eigenvalue weighted by atomic mass is 32.2. The van der Waals surface area contributed by atoms with E-state index in [0.717, 1.165) is 0 Å². The summed E-state index contributed by atoms with van der Waals surface area (Å²) >= 11 is 0. The molecule has 86 valence electrons. The van der Waals surface area contributed by atoms with E-state index in [1.807, 2.05) is 0 Å². The number of hydrogen-bond acceptors (Lipinski definition) is 5. The maximum absolute atomic E-state index is 12.2. The van der Waals surface area contributed by atoms with Crippen molar-refractivity contribution in [1.82, 2.24) is 5.43 Å². The molecule has 1 aliphatic rings. The van der Waals surface area contributed by atoms with Crippen molar-refractivity contribution in [2.24, 2.45) is 5.10 Å². The van der Waals surface area contributed by atoms with Gasteiger partial charge in [-0.25, -0.2) is 8.42 Å². The second-order valence-corrected chi connectivity index (χ2v) is 5.86. The predicted molar refractivity (Wildman–Crippen MR) is 59.4 cm³/mol. The number of hydrogen-bond donors (Lipinski definition) is 1. The highest BCUT2D eigenvalue weighted by Crippen LogP contribution is 2.27. The molecule has 1 N–H and O–H groups in total. The highest BCUT2D eigenvalue weighted by molar-refractivity contribution is 7.92. The molecular weight excluding hydrogens is 228 g/mol. The SMILES string of the molecule is CC1=NNC(C)(S(=O)(=O)c2ccccc2)O1. The lowest BCUT2D eigenvalue weighted by molar-refractivity contribution is 0.154. The van der Waals surface area contributed by atoms with Crippen LogP contribution in [-0.4, -0.2) is 19.4 Å². The molecule has 0 aliphatic carbocycles. The zero-order valence-corrected chi connectivity index (χ0v) is 9.78. The normalized spacial score (nSPS) is 24.5. The van der Waals surface area contributed by atoms with Crippen LogP contribution in [0, 0.1) is 0 Å². The monoisotopic (exact) mass is 240 g/mol. The standard InChI is InChI=1S/C10H12N2O3S/c1-8-11-12-10(2,15-8)16(13,14)9-6-4-3-5-7-9/h3-7,12H,1-2H3. The van der Waals surface area contributed by atoms with Crippen LogP contribution in [0.3, 0.4) is 0 Å². The Bertz CT molecular complexity index is 524. The van der Waals surface area contributed by atoms with Gasteiger partial charge in [0, 0.05) is 13.8 Å². The van der Waals surface area contributed by atoms with E-state index >= 15 is 0 Å². The van der Waals surface area contributed by atoms with Crippen LogP contribution in [0.2, 0.25) is 0 Å². The smallest absolute Gasteiger partial charge is 0.300 e. The van der Waals surface area contributed by atoms with Crippen LogP contribution in [0.25, 0.3) is 0 Å². The fraction of sp³-hybridized carbons (Fsp3) is 0.300. The lowest BCUT2D eigenvalue weighted by Gasteiger charge is -2.23. The van der Waals surface area contributed by atoms with Gasteiger partial charge >= 0.3 is 0 Å². The summed E-state index contributed by atoms with van der Waals surface area (Å²) in [5.41, 5.74) is 2.50. The molecule has 0 saturated carbocycles. The maximum Gasteiger partial charge on any atom is 0.300 e. The minimum Gasteiger partial charge on any atom is -0.438 e. The van der Waals surface area contributed by atoms with Crippen molar-refractivity contribution in [1.29, 1.82) is 0 Å². The lowest BCUT2D eigenvalue weighted by Crippen LogP contribution is -2.45. The van der Waals surface area contributed by atoms with Gasteiger partial charge in [-0.3, -0.25) is 5.43 Å². The largest absolute Gasteiger partial charge is 0.438 e. The van der Waals surface area contributed by atoms with E-state index in [4.69, 9.17) is 4.74 Å². The quantitative estimate of drug-likeness (QED) is 0.840. The molecule has 2 rings (SSSR count). The summed E-state index contributed by atoms with van der Waals surface area (Å²) < 4.78 is 29.7. The molecule has 0 aromatic heterocycles. The first-order chi connectivity index (χ1) is 7.46. The van der Waals surface area contributed by atoms with Crippen LogP contribution >= 0.6 is 0 Å². The molecule has 1 aliphatic heterocycles. The third-order valence-corrected chi connectivity index (χ3v) is 4.42. The van der Waals surface area contributed by atoms with Gasteiger partial charge in [-0.05, 0) is 12.1 Å². The minimum absolute atomic E-state index is 0.204. The van der Waals surface area contributed by atoms with Gasteiger partial charge in [0.05, 0.1) is 4.90 Å². The molecule has 0 bridgehead atoms. The second kappa shape index (κ2) is 3.48. The van der Waals surface area contributed by atoms with Crippen molar-refractivity contribution < 1.29 is 13.2 Å². The first-order valence-electron chi connectivity index (χ1n) is 4.76. The first-order valence-corrected chi connectivity index (χ1v) is 6.24. The Kier molecular flexibility index (Phi) is 2.38. The zero-order chi connectivity index (χ0) is 11.8. The summed E-state index contributed by atoms with van der Waals surface area (Å²) in [6.07, 6.45) is 0. The minimum atomic E-state index is -3.62. The summed E-state index contributed by atoms with van der Waals surface area (Å²) in [4.78, 5) is 0.204. The third kappa shape index (κ3) is 1.55. The summed E-state index contributed by atoms with van der Waals surface area (Å²) in [6, 6.07) is 8.14. The Balaban J connectivity index is 2.42. The number of nitrogens with one attached hydrogen (secondary N) is 1. The molecule has 0 fully saturated rings. The first kappa shape index (κ1) is 10.9. The fourth-order valence-electron chi connectivity index (χ4n) is 1.45. The number of nitrogens with zero attached hydrogens (tertiary/aromatic N) is 1. The van der Waals surface area contributed by atoms with Crippen LogP contribution in [0.5, 0.6) is 0 Å². The predicted octanol–water partition coefficient (Wildman–Crippen LogP) is 1.09. The van der Waals surface area contributed by atoms with Crippen molar-refractivity contribution in [2.45, 2.75) is 23.8 Å². The van der Waals surface area contributed by atoms with Crippen molar-refractivity contribution in [3.05, 3.63) is 30.3 Å². The lowest BCUT2D eigenvalue weighted by atomic mass is 10.4. The molecule has 16 heavy (non-hydrogen) atoms. The molecule has 1 aromatic rings. The molecule has 0 saturated heterocycles. The van der Waals surface area contributed by atoms with E-state index in [1.165, 1.54) is 19.1 Å². The van der Waals surface area contributed by atoms with E-state index in [-0.39, 0.29) is 4.90 Å². The third-order valence-electron chi connectivity index (χ3n) is 2.33. The zero-order valence-electron chi connectivity index (χ0n) is 8.97. The summed E-state index contributed by atoms with van der Waals surface area (Å²) in [5.74, 6) is 0.307. The molecule has 1 heterocycles. The van der Waals surface area contributed by atoms with Gasteiger partial charge in [0.25, 0.3) is 5.06 Å². The summed E-state index contributed by atoms with van der Waals surface area (Å²) in [5, 5.41) is 2.23. The Labute approximate surface area is 94.0 Å². The van der Waals surface area contributed by atoms with E-state index in [9.17, 15) is 8.42 Å². The van der Waals surface area contributed by atoms with Crippen molar-refractivity contribution in [3.8, 4) is 0 Å². The molecule has 1 aromatic carbocycles. The van der Waals surface area contributed by atoms with Crippen molar-refractivity contribution in [3.63, 3.8) is 0 Å². The molecule has 5 nitrogen and oxygen atoms in total. The average molecular weight is 240 g/mol. The Morgan fingerprint density at radius 2 is 1.94 bits per heavy atom. The van der Waals surface area contributed by atoms with Crippen molar-refractivity contribution >= 4 is 15.7 Å². The van der Waals surface area contributed by atoms with Crippen LogP contribution < -0.4 is 5.43 Å². The van der Waals surface area contributed by atoms with Gasteiger partial charge in [-0.2, -0.15) is 0 Å². The summed E-state index contributed by atoms with van der Waals surface area (Å²) in [7, 11) is -3.62. The van der Waals surface area contributed by atoms with E-state index in [1.54, 1.807) is 25.1 Å². The molecule has 0 spiro atoms. The highest BCUT2D eigenvalue weighted by Gasteiger charge is 2.46. The Morgan fingerprint density at radius 1 is 1.31 bits per heavy atom. The van der Waals surface area contributed by atoms with E-state index in [0.29, 0.717) is 5.90 Å².